The van der Waals surface area contributed by atoms with Crippen molar-refractivity contribution in [1.29, 1.82) is 0 Å². The smallest absolute Gasteiger partial charge is 0.229 e. The largest absolute Gasteiger partial charge is 0.393 e. The Bertz CT molecular complexity index is 640. The number of aliphatic hydroxyl groups excluding tert-OH is 1. The van der Waals surface area contributed by atoms with Gasteiger partial charge in [0, 0.05) is 6.42 Å². The maximum absolute atomic E-state index is 14.0. The molecule has 3 atom stereocenters. The van der Waals surface area contributed by atoms with Gasteiger partial charge in [-0.2, -0.15) is 0 Å². The number of benzene rings is 1. The third kappa shape index (κ3) is 2.05. The van der Waals surface area contributed by atoms with Crippen molar-refractivity contribution in [1.82, 2.24) is 4.90 Å². The fourth-order valence-electron chi connectivity index (χ4n) is 4.88. The molecule has 5 heteroatoms. The molecule has 3 nitrogen and oxygen atoms in total. The SMILES string of the molecule is CC(O)C12CC(C(=O)N3CC(F)CC3c3cccc(F)c3)(C1)C2. The average molecular weight is 321 g/mol. The van der Waals surface area contributed by atoms with Crippen LogP contribution < -0.4 is 0 Å². The Hall–Kier alpha value is -1.49. The van der Waals surface area contributed by atoms with Gasteiger partial charge in [-0.3, -0.25) is 4.79 Å². The Kier molecular flexibility index (Phi) is 3.12. The van der Waals surface area contributed by atoms with Crippen LogP contribution in [0.5, 0.6) is 0 Å². The van der Waals surface area contributed by atoms with E-state index in [0.717, 1.165) is 0 Å². The standard InChI is InChI=1S/C18H21F2NO2/c1-11(22)17-8-18(9-17,10-17)16(23)21-7-14(20)6-15(21)12-3-2-4-13(19)5-12/h2-5,11,14-15,22H,6-10H2,1H3. The Balaban J connectivity index is 1.55. The zero-order chi connectivity index (χ0) is 16.4. The summed E-state index contributed by atoms with van der Waals surface area (Å²) in [7, 11) is 0. The van der Waals surface area contributed by atoms with Gasteiger partial charge in [0.25, 0.3) is 0 Å². The second-order valence-corrected chi connectivity index (χ2v) is 7.71. The van der Waals surface area contributed by atoms with Gasteiger partial charge in [-0.05, 0) is 49.3 Å². The second-order valence-electron chi connectivity index (χ2n) is 7.71. The molecular formula is C18H21F2NO2. The number of amides is 1. The fourth-order valence-corrected chi connectivity index (χ4v) is 4.88. The van der Waals surface area contributed by atoms with E-state index in [4.69, 9.17) is 0 Å². The summed E-state index contributed by atoms with van der Waals surface area (Å²) in [6.07, 6.45) is 0.848. The predicted molar refractivity (Wildman–Crippen MR) is 80.8 cm³/mol. The molecule has 1 saturated heterocycles. The van der Waals surface area contributed by atoms with Crippen LogP contribution >= 0.6 is 0 Å². The third-order valence-corrected chi connectivity index (χ3v) is 6.16. The van der Waals surface area contributed by atoms with Gasteiger partial charge in [0.15, 0.2) is 0 Å². The van der Waals surface area contributed by atoms with Crippen molar-refractivity contribution in [2.45, 2.75) is 50.9 Å². The first kappa shape index (κ1) is 15.1. The molecule has 1 amide bonds. The molecular weight excluding hydrogens is 300 g/mol. The van der Waals surface area contributed by atoms with Crippen LogP contribution in [-0.2, 0) is 4.79 Å². The summed E-state index contributed by atoms with van der Waals surface area (Å²) < 4.78 is 27.4. The van der Waals surface area contributed by atoms with Crippen molar-refractivity contribution < 1.29 is 18.7 Å². The summed E-state index contributed by atoms with van der Waals surface area (Å²) in [5, 5.41) is 9.81. The maximum Gasteiger partial charge on any atom is 0.229 e. The minimum Gasteiger partial charge on any atom is -0.393 e. The van der Waals surface area contributed by atoms with E-state index in [1.807, 2.05) is 0 Å². The first-order valence-electron chi connectivity index (χ1n) is 8.24. The molecule has 2 bridgehead atoms. The summed E-state index contributed by atoms with van der Waals surface area (Å²) in [5.41, 5.74) is 0.154. The number of alkyl halides is 1. The van der Waals surface area contributed by atoms with Gasteiger partial charge in [-0.25, -0.2) is 8.78 Å². The Labute approximate surface area is 134 Å². The van der Waals surface area contributed by atoms with Gasteiger partial charge in [-0.1, -0.05) is 12.1 Å². The van der Waals surface area contributed by atoms with Crippen LogP contribution in [0.1, 0.15) is 44.2 Å². The molecule has 3 saturated carbocycles. The number of halogens is 2. The molecule has 1 aromatic rings. The normalized spacial score (nSPS) is 39.6. The highest BCUT2D eigenvalue weighted by atomic mass is 19.1. The second kappa shape index (κ2) is 4.76. The van der Waals surface area contributed by atoms with E-state index in [2.05, 4.69) is 0 Å². The van der Waals surface area contributed by atoms with Crippen LogP contribution in [0.2, 0.25) is 0 Å². The molecule has 0 radical (unpaired) electrons. The first-order valence-corrected chi connectivity index (χ1v) is 8.24. The quantitative estimate of drug-likeness (QED) is 0.930. The summed E-state index contributed by atoms with van der Waals surface area (Å²) in [5.74, 6) is -0.384. The number of aliphatic hydroxyl groups is 1. The van der Waals surface area contributed by atoms with E-state index in [9.17, 15) is 18.7 Å². The predicted octanol–water partition coefficient (Wildman–Crippen LogP) is 2.99. The molecule has 0 aromatic heterocycles. The minimum absolute atomic E-state index is 0.0190. The zero-order valence-corrected chi connectivity index (χ0v) is 13.1. The van der Waals surface area contributed by atoms with Crippen molar-refractivity contribution in [2.75, 3.05) is 6.54 Å². The lowest BCUT2D eigenvalue weighted by molar-refractivity contribution is -0.248. The van der Waals surface area contributed by atoms with Gasteiger partial charge in [-0.15, -0.1) is 0 Å². The molecule has 124 valence electrons. The molecule has 4 aliphatic rings. The average Bonchev–Trinajstić information content (AvgIpc) is 2.77. The van der Waals surface area contributed by atoms with Crippen molar-refractivity contribution in [3.05, 3.63) is 35.6 Å². The van der Waals surface area contributed by atoms with E-state index < -0.39 is 17.7 Å². The van der Waals surface area contributed by atoms with E-state index in [0.29, 0.717) is 24.8 Å². The molecule has 1 heterocycles. The molecule has 23 heavy (non-hydrogen) atoms. The summed E-state index contributed by atoms with van der Waals surface area (Å²) in [6.45, 7) is 1.86. The van der Waals surface area contributed by atoms with Crippen molar-refractivity contribution in [3.8, 4) is 0 Å². The molecule has 0 spiro atoms. The summed E-state index contributed by atoms with van der Waals surface area (Å²) in [4.78, 5) is 14.6. The molecule has 3 aliphatic carbocycles. The topological polar surface area (TPSA) is 40.5 Å². The highest BCUT2D eigenvalue weighted by molar-refractivity contribution is 5.87. The summed E-state index contributed by atoms with van der Waals surface area (Å²) in [6, 6.07) is 5.71. The number of rotatable bonds is 3. The number of carbonyl (C=O) groups excluding carboxylic acids is 1. The van der Waals surface area contributed by atoms with Crippen molar-refractivity contribution in [2.24, 2.45) is 10.8 Å². The Morgan fingerprint density at radius 2 is 2.09 bits per heavy atom. The van der Waals surface area contributed by atoms with E-state index in [-0.39, 0.29) is 36.1 Å². The number of carbonyl (C=O) groups is 1. The lowest BCUT2D eigenvalue weighted by Crippen LogP contribution is -2.71. The highest BCUT2D eigenvalue weighted by Crippen LogP contribution is 2.75. The van der Waals surface area contributed by atoms with E-state index >= 15 is 0 Å². The molecule has 4 fully saturated rings. The molecule has 1 aromatic carbocycles. The van der Waals surface area contributed by atoms with Crippen molar-refractivity contribution >= 4 is 5.91 Å². The lowest BCUT2D eigenvalue weighted by Gasteiger charge is -2.71. The van der Waals surface area contributed by atoms with Gasteiger partial charge in [0.05, 0.1) is 24.1 Å². The van der Waals surface area contributed by atoms with Gasteiger partial charge < -0.3 is 10.0 Å². The molecule has 1 N–H and O–H groups in total. The van der Waals surface area contributed by atoms with E-state index in [1.165, 1.54) is 12.1 Å². The van der Waals surface area contributed by atoms with E-state index in [1.54, 1.807) is 24.0 Å². The van der Waals surface area contributed by atoms with Gasteiger partial charge in [0.1, 0.15) is 12.0 Å². The number of likely N-dealkylation sites (tertiary alicyclic amines) is 1. The third-order valence-electron chi connectivity index (χ3n) is 6.16. The first-order chi connectivity index (χ1) is 10.9. The molecule has 3 unspecified atom stereocenters. The van der Waals surface area contributed by atoms with Crippen LogP contribution in [0.25, 0.3) is 0 Å². The maximum atomic E-state index is 14.0. The number of hydrogen-bond acceptors (Lipinski definition) is 2. The lowest BCUT2D eigenvalue weighted by atomic mass is 9.33. The van der Waals surface area contributed by atoms with Crippen LogP contribution in [0.15, 0.2) is 24.3 Å². The monoisotopic (exact) mass is 321 g/mol. The molecule has 5 rings (SSSR count). The Morgan fingerprint density at radius 3 is 2.70 bits per heavy atom. The van der Waals surface area contributed by atoms with Crippen LogP contribution in [0.4, 0.5) is 8.78 Å². The minimum atomic E-state index is -1.06. The Morgan fingerprint density at radius 1 is 1.39 bits per heavy atom. The van der Waals surface area contributed by atoms with Crippen LogP contribution in [-0.4, -0.2) is 34.7 Å². The number of nitrogens with zero attached hydrogens (tertiary/aromatic N) is 1. The van der Waals surface area contributed by atoms with Gasteiger partial charge >= 0.3 is 0 Å². The molecule has 1 aliphatic heterocycles. The number of hydrogen-bond donors (Lipinski definition) is 1. The van der Waals surface area contributed by atoms with Crippen LogP contribution in [0.3, 0.4) is 0 Å². The van der Waals surface area contributed by atoms with Crippen LogP contribution in [0, 0.1) is 16.6 Å². The van der Waals surface area contributed by atoms with Gasteiger partial charge in [0.2, 0.25) is 5.91 Å². The fraction of sp³-hybridized carbons (Fsp3) is 0.611. The zero-order valence-electron chi connectivity index (χ0n) is 13.1. The van der Waals surface area contributed by atoms with Crippen molar-refractivity contribution in [3.63, 3.8) is 0 Å². The highest BCUT2D eigenvalue weighted by Gasteiger charge is 2.74. The summed E-state index contributed by atoms with van der Waals surface area (Å²) >= 11 is 0.